The van der Waals surface area contributed by atoms with Crippen LogP contribution in [0.25, 0.3) is 11.1 Å². The quantitative estimate of drug-likeness (QED) is 0.855. The van der Waals surface area contributed by atoms with Gasteiger partial charge in [0.2, 0.25) is 0 Å². The Morgan fingerprint density at radius 2 is 1.91 bits per heavy atom. The van der Waals surface area contributed by atoms with Gasteiger partial charge in [-0.1, -0.05) is 41.7 Å². The van der Waals surface area contributed by atoms with Crippen LogP contribution in [0.3, 0.4) is 0 Å². The van der Waals surface area contributed by atoms with Gasteiger partial charge in [0.1, 0.15) is 15.6 Å². The van der Waals surface area contributed by atoms with Gasteiger partial charge < -0.3 is 15.4 Å². The van der Waals surface area contributed by atoms with Gasteiger partial charge in [0.15, 0.2) is 0 Å². The molecule has 3 rings (SSSR count). The zero-order chi connectivity index (χ0) is 16.2. The molecule has 1 aromatic carbocycles. The molecular weight excluding hydrogens is 308 g/mol. The summed E-state index contributed by atoms with van der Waals surface area (Å²) < 4.78 is 5.24. The molecule has 0 unspecified atom stereocenters. The molecule has 0 aliphatic carbocycles. The van der Waals surface area contributed by atoms with Crippen molar-refractivity contribution in [3.05, 3.63) is 35.9 Å². The van der Waals surface area contributed by atoms with Crippen molar-refractivity contribution in [2.45, 2.75) is 26.2 Å². The monoisotopic (exact) mass is 330 g/mol. The van der Waals surface area contributed by atoms with Crippen molar-refractivity contribution in [1.29, 1.82) is 0 Å². The van der Waals surface area contributed by atoms with E-state index in [0.717, 1.165) is 29.2 Å². The first-order valence-corrected chi connectivity index (χ1v) is 8.93. The average Bonchev–Trinajstić information content (AvgIpc) is 2.94. The summed E-state index contributed by atoms with van der Waals surface area (Å²) in [6.45, 7) is 4.19. The van der Waals surface area contributed by atoms with Gasteiger partial charge in [-0.15, -0.1) is 0 Å². The first-order valence-electron chi connectivity index (χ1n) is 8.12. The van der Waals surface area contributed by atoms with Crippen LogP contribution in [-0.2, 0) is 4.74 Å². The molecule has 1 aliphatic rings. The van der Waals surface area contributed by atoms with Gasteiger partial charge in [-0.3, -0.25) is 0 Å². The van der Waals surface area contributed by atoms with Crippen molar-refractivity contribution in [2.75, 3.05) is 30.3 Å². The van der Waals surface area contributed by atoms with Crippen molar-refractivity contribution in [2.24, 2.45) is 0 Å². The number of anilines is 2. The van der Waals surface area contributed by atoms with Crippen LogP contribution >= 0.6 is 11.3 Å². The molecule has 0 amide bonds. The number of carbonyl (C=O) groups is 1. The number of piperidine rings is 1. The minimum Gasteiger partial charge on any atom is -0.462 e. The van der Waals surface area contributed by atoms with Crippen molar-refractivity contribution >= 4 is 27.3 Å². The Labute approximate surface area is 140 Å². The van der Waals surface area contributed by atoms with Gasteiger partial charge >= 0.3 is 5.97 Å². The van der Waals surface area contributed by atoms with E-state index in [-0.39, 0.29) is 5.97 Å². The average molecular weight is 330 g/mol. The maximum absolute atomic E-state index is 12.4. The maximum atomic E-state index is 12.4. The first-order chi connectivity index (χ1) is 11.2. The molecule has 4 nitrogen and oxygen atoms in total. The molecule has 23 heavy (non-hydrogen) atoms. The molecule has 0 atom stereocenters. The number of nitrogens with zero attached hydrogens (tertiary/aromatic N) is 1. The summed E-state index contributed by atoms with van der Waals surface area (Å²) in [5.41, 5.74) is 8.67. The normalized spacial score (nSPS) is 14.7. The molecule has 0 bridgehead atoms. The number of benzene rings is 1. The number of hydrogen-bond donors (Lipinski definition) is 1. The Morgan fingerprint density at radius 3 is 2.57 bits per heavy atom. The van der Waals surface area contributed by atoms with Crippen LogP contribution < -0.4 is 10.6 Å². The topological polar surface area (TPSA) is 55.6 Å². The highest BCUT2D eigenvalue weighted by atomic mass is 32.1. The molecule has 1 aliphatic heterocycles. The van der Waals surface area contributed by atoms with Gasteiger partial charge in [-0.2, -0.15) is 0 Å². The van der Waals surface area contributed by atoms with Crippen LogP contribution in [0.2, 0.25) is 0 Å². The summed E-state index contributed by atoms with van der Waals surface area (Å²) in [4.78, 5) is 14.8. The van der Waals surface area contributed by atoms with Crippen LogP contribution in [0.4, 0.5) is 10.0 Å². The zero-order valence-electron chi connectivity index (χ0n) is 13.4. The molecule has 0 saturated carbocycles. The Balaban J connectivity index is 2.12. The predicted octanol–water partition coefficient (Wildman–Crippen LogP) is 4.16. The number of carbonyl (C=O) groups excluding carboxylic acids is 1. The van der Waals surface area contributed by atoms with E-state index < -0.39 is 0 Å². The number of hydrogen-bond acceptors (Lipinski definition) is 5. The molecule has 2 heterocycles. The van der Waals surface area contributed by atoms with E-state index in [1.54, 1.807) is 0 Å². The van der Waals surface area contributed by atoms with Gasteiger partial charge in [0, 0.05) is 18.7 Å². The second kappa shape index (κ2) is 7.04. The summed E-state index contributed by atoms with van der Waals surface area (Å²) in [6, 6.07) is 10.00. The second-order valence-electron chi connectivity index (χ2n) is 5.66. The minimum absolute atomic E-state index is 0.330. The Kier molecular flexibility index (Phi) is 4.86. The van der Waals surface area contributed by atoms with Crippen LogP contribution in [0, 0.1) is 0 Å². The van der Waals surface area contributed by atoms with Gasteiger partial charge in [0.25, 0.3) is 0 Å². The summed E-state index contributed by atoms with van der Waals surface area (Å²) >= 11 is 1.50. The number of nitrogens with two attached hydrogens (primary N) is 1. The predicted molar refractivity (Wildman–Crippen MR) is 96.2 cm³/mol. The number of ether oxygens (including phenoxy) is 1. The number of nitrogen functional groups attached to an aromatic ring is 1. The lowest BCUT2D eigenvalue weighted by Crippen LogP contribution is -2.29. The van der Waals surface area contributed by atoms with Crippen LogP contribution in [0.5, 0.6) is 0 Å². The van der Waals surface area contributed by atoms with Gasteiger partial charge in [0.05, 0.1) is 6.61 Å². The summed E-state index contributed by atoms with van der Waals surface area (Å²) in [5.74, 6) is -0.330. The lowest BCUT2D eigenvalue weighted by Gasteiger charge is -2.28. The molecule has 2 N–H and O–H groups in total. The van der Waals surface area contributed by atoms with Crippen molar-refractivity contribution in [3.8, 4) is 11.1 Å². The standard InChI is InChI=1S/C18H22N2O2S/c1-2-22-18(21)15-14(13-9-5-3-6-10-13)17(23-16(15)19)20-11-7-4-8-12-20/h3,5-6,9-10H,2,4,7-8,11-12,19H2,1H3. The molecule has 0 spiro atoms. The minimum atomic E-state index is -0.330. The number of thiophene rings is 1. The fourth-order valence-electron chi connectivity index (χ4n) is 3.03. The number of esters is 1. The Morgan fingerprint density at radius 1 is 1.22 bits per heavy atom. The highest BCUT2D eigenvalue weighted by Crippen LogP contribution is 2.45. The lowest BCUT2D eigenvalue weighted by molar-refractivity contribution is 0.0529. The van der Waals surface area contributed by atoms with E-state index in [4.69, 9.17) is 10.5 Å². The second-order valence-corrected chi connectivity index (χ2v) is 6.69. The molecule has 2 aromatic rings. The Hall–Kier alpha value is -2.01. The van der Waals surface area contributed by atoms with E-state index in [2.05, 4.69) is 4.90 Å². The molecule has 1 aromatic heterocycles. The lowest BCUT2D eigenvalue weighted by atomic mass is 10.0. The third-order valence-electron chi connectivity index (χ3n) is 4.10. The van der Waals surface area contributed by atoms with Crippen LogP contribution in [0.15, 0.2) is 30.3 Å². The Bertz CT molecular complexity index is 676. The smallest absolute Gasteiger partial charge is 0.341 e. The molecule has 0 radical (unpaired) electrons. The van der Waals surface area contributed by atoms with Crippen LogP contribution in [0.1, 0.15) is 36.5 Å². The highest BCUT2D eigenvalue weighted by molar-refractivity contribution is 7.21. The van der Waals surface area contributed by atoms with E-state index in [1.165, 1.54) is 30.6 Å². The van der Waals surface area contributed by atoms with Crippen molar-refractivity contribution < 1.29 is 9.53 Å². The van der Waals surface area contributed by atoms with Crippen molar-refractivity contribution in [3.63, 3.8) is 0 Å². The molecular formula is C18H22N2O2S. The molecule has 122 valence electrons. The zero-order valence-corrected chi connectivity index (χ0v) is 14.2. The highest BCUT2D eigenvalue weighted by Gasteiger charge is 2.27. The SMILES string of the molecule is CCOC(=O)c1c(N)sc(N2CCCCC2)c1-c1ccccc1. The summed E-state index contributed by atoms with van der Waals surface area (Å²) in [5, 5.41) is 1.64. The summed E-state index contributed by atoms with van der Waals surface area (Å²) in [7, 11) is 0. The van der Waals surface area contributed by atoms with E-state index >= 15 is 0 Å². The third kappa shape index (κ3) is 3.20. The van der Waals surface area contributed by atoms with Gasteiger partial charge in [-0.05, 0) is 31.7 Å². The summed E-state index contributed by atoms with van der Waals surface area (Å²) in [6.07, 6.45) is 3.63. The van der Waals surface area contributed by atoms with E-state index in [9.17, 15) is 4.79 Å². The van der Waals surface area contributed by atoms with E-state index in [0.29, 0.717) is 17.2 Å². The van der Waals surface area contributed by atoms with E-state index in [1.807, 2.05) is 37.3 Å². The molecule has 5 heteroatoms. The third-order valence-corrected chi connectivity index (χ3v) is 5.18. The fraction of sp³-hybridized carbons (Fsp3) is 0.389. The molecule has 1 fully saturated rings. The maximum Gasteiger partial charge on any atom is 0.341 e. The number of rotatable bonds is 4. The van der Waals surface area contributed by atoms with Crippen molar-refractivity contribution in [1.82, 2.24) is 0 Å². The van der Waals surface area contributed by atoms with Crippen LogP contribution in [-0.4, -0.2) is 25.7 Å². The first kappa shape index (κ1) is 15.9. The molecule has 1 saturated heterocycles. The largest absolute Gasteiger partial charge is 0.462 e. The van der Waals surface area contributed by atoms with Gasteiger partial charge in [-0.25, -0.2) is 4.79 Å². The fourth-order valence-corrected chi connectivity index (χ4v) is 4.16.